The van der Waals surface area contributed by atoms with Crippen LogP contribution in [0.4, 0.5) is 0 Å². The molecule has 0 aromatic heterocycles. The molecule has 11 heteroatoms. The van der Waals surface area contributed by atoms with Crippen LogP contribution < -0.4 is 0 Å². The first-order chi connectivity index (χ1) is 20.6. The third-order valence-corrected chi connectivity index (χ3v) is 12.0. The number of Topliss-reactive ketones (excluding diaryl/α,β-unsaturated/α-hetero) is 1. The van der Waals surface area contributed by atoms with Crippen LogP contribution in [0.1, 0.15) is 64.7 Å². The largest absolute Gasteiger partial charge is 0.458 e. The molecule has 1 saturated heterocycles. The summed E-state index contributed by atoms with van der Waals surface area (Å²) in [5.41, 5.74) is -2.31. The zero-order valence-corrected chi connectivity index (χ0v) is 27.7. The van der Waals surface area contributed by atoms with Crippen molar-refractivity contribution in [2.75, 3.05) is 12.9 Å². The van der Waals surface area contributed by atoms with Crippen LogP contribution in [0.3, 0.4) is 0 Å². The van der Waals surface area contributed by atoms with Crippen molar-refractivity contribution in [3.05, 3.63) is 47.0 Å². The molecule has 1 aromatic rings. The summed E-state index contributed by atoms with van der Waals surface area (Å²) in [5, 5.41) is 11.4. The minimum Gasteiger partial charge on any atom is -0.458 e. The molecule has 2 bridgehead atoms. The van der Waals surface area contributed by atoms with Gasteiger partial charge in [-0.1, -0.05) is 51.2 Å². The second kappa shape index (κ2) is 11.6. The third-order valence-electron chi connectivity index (χ3n) is 10.5. The van der Waals surface area contributed by atoms with Crippen molar-refractivity contribution in [1.82, 2.24) is 0 Å². The number of hydrogen-bond donors (Lipinski definition) is 1. The number of thioether (sulfide) groups is 1. The lowest BCUT2D eigenvalue weighted by Gasteiger charge is -2.66. The maximum absolute atomic E-state index is 15.3. The fourth-order valence-corrected chi connectivity index (χ4v) is 9.46. The van der Waals surface area contributed by atoms with E-state index in [0.29, 0.717) is 20.9 Å². The molecule has 3 aliphatic carbocycles. The lowest BCUT2D eigenvalue weighted by Crippen LogP contribution is -2.78. The number of rotatable bonds is 5. The zero-order chi connectivity index (χ0) is 32.4. The van der Waals surface area contributed by atoms with Gasteiger partial charge in [0.05, 0.1) is 28.4 Å². The van der Waals surface area contributed by atoms with Crippen molar-refractivity contribution in [1.29, 1.82) is 0 Å². The standard InChI is InChI=1S/C33H40O9S2/c1-16-22(36)13-20-25(41-29(38)19-11-9-8-10-12-19)27-32(6,28(37)26(40-17(2)34)24(16)31(20,4)5)21(30(43)44-7)14-23-33(27,15-39-23)42-18(3)35/h8-12,20-23,25-27,36H,13-15H2,1-7H3/t20?,21-,22+,23-,25-,26-,27+,32-,33+/m1/s1. The summed E-state index contributed by atoms with van der Waals surface area (Å²) in [6.07, 6.45) is -1.67. The smallest absolute Gasteiger partial charge is 0.338 e. The number of esters is 3. The first kappa shape index (κ1) is 32.8. The molecule has 238 valence electrons. The van der Waals surface area contributed by atoms with Crippen molar-refractivity contribution in [3.63, 3.8) is 0 Å². The number of hydrogen-bond acceptors (Lipinski definition) is 11. The number of ether oxygens (including phenoxy) is 4. The van der Waals surface area contributed by atoms with E-state index in [2.05, 4.69) is 0 Å². The van der Waals surface area contributed by atoms with Gasteiger partial charge in [0.25, 0.3) is 0 Å². The molecule has 9 atom stereocenters. The summed E-state index contributed by atoms with van der Waals surface area (Å²) in [5.74, 6) is -4.36. The zero-order valence-electron chi connectivity index (χ0n) is 26.1. The fraction of sp³-hybridized carbons (Fsp3) is 0.606. The molecule has 1 unspecified atom stereocenters. The van der Waals surface area contributed by atoms with Gasteiger partial charge in [0.1, 0.15) is 12.2 Å². The summed E-state index contributed by atoms with van der Waals surface area (Å²) in [4.78, 5) is 54.5. The maximum atomic E-state index is 15.3. The second-order valence-corrected chi connectivity index (χ2v) is 14.7. The average Bonchev–Trinajstić information content (AvgIpc) is 2.95. The highest BCUT2D eigenvalue weighted by molar-refractivity contribution is 8.22. The van der Waals surface area contributed by atoms with Crippen molar-refractivity contribution in [3.8, 4) is 0 Å². The Morgan fingerprint density at radius 2 is 1.70 bits per heavy atom. The summed E-state index contributed by atoms with van der Waals surface area (Å²) in [6, 6.07) is 8.54. The van der Waals surface area contributed by atoms with E-state index in [4.69, 9.17) is 31.2 Å². The molecule has 0 spiro atoms. The molecule has 1 aromatic carbocycles. The second-order valence-electron chi connectivity index (χ2n) is 13.2. The monoisotopic (exact) mass is 644 g/mol. The van der Waals surface area contributed by atoms with E-state index in [-0.39, 0.29) is 19.4 Å². The van der Waals surface area contributed by atoms with Crippen LogP contribution in [0.15, 0.2) is 41.5 Å². The molecular weight excluding hydrogens is 604 g/mol. The van der Waals surface area contributed by atoms with Crippen molar-refractivity contribution < 1.29 is 43.2 Å². The van der Waals surface area contributed by atoms with Gasteiger partial charge in [0.15, 0.2) is 17.5 Å². The summed E-state index contributed by atoms with van der Waals surface area (Å²) >= 11 is 7.22. The molecule has 1 aliphatic heterocycles. The van der Waals surface area contributed by atoms with E-state index < -0.39 is 82.3 Å². The Morgan fingerprint density at radius 3 is 2.25 bits per heavy atom. The van der Waals surface area contributed by atoms with Crippen molar-refractivity contribution >= 4 is 51.9 Å². The van der Waals surface area contributed by atoms with Crippen LogP contribution in [0.2, 0.25) is 0 Å². The van der Waals surface area contributed by atoms with Gasteiger partial charge in [-0.2, -0.15) is 0 Å². The van der Waals surface area contributed by atoms with Gasteiger partial charge >= 0.3 is 17.9 Å². The van der Waals surface area contributed by atoms with Gasteiger partial charge in [-0.05, 0) is 54.7 Å². The first-order valence-electron chi connectivity index (χ1n) is 14.9. The van der Waals surface area contributed by atoms with E-state index in [1.807, 2.05) is 20.1 Å². The van der Waals surface area contributed by atoms with Crippen LogP contribution in [0, 0.1) is 28.6 Å². The molecule has 0 amide bonds. The van der Waals surface area contributed by atoms with Gasteiger partial charge in [-0.25, -0.2) is 4.79 Å². The molecule has 44 heavy (non-hydrogen) atoms. The quantitative estimate of drug-likeness (QED) is 0.211. The Bertz CT molecular complexity index is 1420. The molecule has 0 radical (unpaired) electrons. The predicted octanol–water partition coefficient (Wildman–Crippen LogP) is 4.48. The van der Waals surface area contributed by atoms with Crippen LogP contribution >= 0.6 is 24.0 Å². The number of carbonyl (C=O) groups is 4. The highest BCUT2D eigenvalue weighted by Gasteiger charge is 2.75. The van der Waals surface area contributed by atoms with Gasteiger partial charge in [-0.15, -0.1) is 11.8 Å². The Hall–Kier alpha value is -2.60. The highest BCUT2D eigenvalue weighted by Crippen LogP contribution is 2.65. The lowest BCUT2D eigenvalue weighted by molar-refractivity contribution is -0.325. The minimum atomic E-state index is -1.43. The lowest BCUT2D eigenvalue weighted by atomic mass is 9.44. The normalized spacial score (nSPS) is 37.3. The molecule has 2 saturated carbocycles. The maximum Gasteiger partial charge on any atom is 0.338 e. The first-order valence-corrected chi connectivity index (χ1v) is 16.5. The highest BCUT2D eigenvalue weighted by atomic mass is 32.2. The van der Waals surface area contributed by atoms with Crippen molar-refractivity contribution in [2.45, 2.75) is 84.4 Å². The molecule has 1 N–H and O–H groups in total. The summed E-state index contributed by atoms with van der Waals surface area (Å²) in [7, 11) is 0. The number of carbonyl (C=O) groups excluding carboxylic acids is 4. The number of thiocarbonyl (C=S) groups is 1. The SMILES string of the molecule is CSC(=S)[C@H]1C[C@H]2OC[C@@]2(OC(C)=O)[C@H]2[C@H](OC(=O)c3ccccc3)C3C[C@H](O)C(C)=C([C@@H](OC(C)=O)C(=O)[C@]12C)C3(C)C. The van der Waals surface area contributed by atoms with Crippen LogP contribution in [-0.4, -0.2) is 75.9 Å². The molecule has 5 rings (SSSR count). The molecule has 4 aliphatic rings. The van der Waals surface area contributed by atoms with Crippen LogP contribution in [0.5, 0.6) is 0 Å². The molecular formula is C33H40O9S2. The third kappa shape index (κ3) is 4.94. The van der Waals surface area contributed by atoms with E-state index in [9.17, 15) is 19.5 Å². The van der Waals surface area contributed by atoms with E-state index in [0.717, 1.165) is 0 Å². The van der Waals surface area contributed by atoms with Gasteiger partial charge in [-0.3, -0.25) is 14.4 Å². The van der Waals surface area contributed by atoms with E-state index in [1.165, 1.54) is 25.6 Å². The summed E-state index contributed by atoms with van der Waals surface area (Å²) in [6.45, 7) is 9.88. The Kier molecular flexibility index (Phi) is 8.67. The Balaban J connectivity index is 1.84. The molecule has 3 fully saturated rings. The van der Waals surface area contributed by atoms with Crippen LogP contribution in [-0.2, 0) is 33.3 Å². The van der Waals surface area contributed by atoms with Gasteiger partial charge < -0.3 is 24.1 Å². The fourth-order valence-electron chi connectivity index (χ4n) is 8.49. The number of benzene rings is 1. The minimum absolute atomic E-state index is 0.0153. The van der Waals surface area contributed by atoms with E-state index >= 15 is 4.79 Å². The van der Waals surface area contributed by atoms with Gasteiger partial charge in [0.2, 0.25) is 0 Å². The number of fused-ring (bicyclic) bond motifs is 5. The molecule has 1 heterocycles. The Morgan fingerprint density at radius 1 is 1.05 bits per heavy atom. The number of aliphatic hydroxyl groups is 1. The van der Waals surface area contributed by atoms with Gasteiger partial charge in [0, 0.05) is 31.1 Å². The van der Waals surface area contributed by atoms with Crippen LogP contribution in [0.25, 0.3) is 0 Å². The van der Waals surface area contributed by atoms with Crippen molar-refractivity contribution in [2.24, 2.45) is 28.6 Å². The summed E-state index contributed by atoms with van der Waals surface area (Å²) < 4.78 is 25.1. The predicted molar refractivity (Wildman–Crippen MR) is 167 cm³/mol. The Labute approximate surface area is 267 Å². The number of aliphatic hydroxyl groups excluding tert-OH is 1. The topological polar surface area (TPSA) is 125 Å². The molecule has 9 nitrogen and oxygen atoms in total. The number of ketones is 1. The van der Waals surface area contributed by atoms with E-state index in [1.54, 1.807) is 44.2 Å². The average molecular weight is 645 g/mol.